The van der Waals surface area contributed by atoms with Crippen LogP contribution < -0.4 is 29.7 Å². The van der Waals surface area contributed by atoms with Gasteiger partial charge in [-0.05, 0) is 42.8 Å². The summed E-state index contributed by atoms with van der Waals surface area (Å²) in [6.45, 7) is 2.25. The molecule has 0 saturated carbocycles. The Morgan fingerprint density at radius 2 is 1.67 bits per heavy atom. The Bertz CT molecular complexity index is 891. The van der Waals surface area contributed by atoms with Crippen LogP contribution in [-0.4, -0.2) is 52.5 Å². The maximum Gasteiger partial charge on any atom is 0.271 e. The van der Waals surface area contributed by atoms with E-state index in [1.165, 1.54) is 27.5 Å². The van der Waals surface area contributed by atoms with Crippen molar-refractivity contribution in [3.05, 3.63) is 47.5 Å². The molecule has 9 nitrogen and oxygen atoms in total. The summed E-state index contributed by atoms with van der Waals surface area (Å²) in [6.07, 6.45) is 1.46. The van der Waals surface area contributed by atoms with E-state index >= 15 is 0 Å². The minimum atomic E-state index is -0.419. The number of rotatable bonds is 10. The Hall–Kier alpha value is -3.75. The van der Waals surface area contributed by atoms with Crippen LogP contribution in [0.25, 0.3) is 0 Å². The molecule has 2 rings (SSSR count). The predicted octanol–water partition coefficient (Wildman–Crippen LogP) is 1.99. The first-order valence-corrected chi connectivity index (χ1v) is 9.14. The van der Waals surface area contributed by atoms with Gasteiger partial charge in [-0.25, -0.2) is 5.43 Å². The van der Waals surface area contributed by atoms with E-state index in [0.29, 0.717) is 40.7 Å². The Kier molecular flexibility index (Phi) is 8.49. The Labute approximate surface area is 175 Å². The van der Waals surface area contributed by atoms with Crippen molar-refractivity contribution in [3.8, 4) is 23.0 Å². The number of benzene rings is 2. The monoisotopic (exact) mass is 415 g/mol. The number of hydrazone groups is 1. The van der Waals surface area contributed by atoms with Gasteiger partial charge in [0.1, 0.15) is 11.5 Å². The standard InChI is InChI=1S/C21H25N3O6/c1-5-22-20(25)13-30-18-7-6-14(8-19(18)29-4)12-23-24-21(26)15-9-16(27-2)11-17(10-15)28-3/h6-12H,5,13H2,1-4H3,(H,22,25)(H,24,26)/b23-12-. The number of carbonyl (C=O) groups is 2. The zero-order valence-electron chi connectivity index (χ0n) is 17.4. The first kappa shape index (κ1) is 22.5. The molecule has 0 aromatic heterocycles. The van der Waals surface area contributed by atoms with Crippen molar-refractivity contribution >= 4 is 18.0 Å². The lowest BCUT2D eigenvalue weighted by Gasteiger charge is -2.11. The van der Waals surface area contributed by atoms with Crippen molar-refractivity contribution < 1.29 is 28.5 Å². The maximum absolute atomic E-state index is 12.3. The quantitative estimate of drug-likeness (QED) is 0.454. The van der Waals surface area contributed by atoms with Gasteiger partial charge in [-0.3, -0.25) is 9.59 Å². The van der Waals surface area contributed by atoms with Crippen LogP contribution in [0.4, 0.5) is 0 Å². The second-order valence-electron chi connectivity index (χ2n) is 5.95. The number of nitrogens with zero attached hydrogens (tertiary/aromatic N) is 1. The van der Waals surface area contributed by atoms with Gasteiger partial charge in [0, 0.05) is 18.2 Å². The number of amides is 2. The van der Waals surface area contributed by atoms with E-state index in [-0.39, 0.29) is 12.5 Å². The van der Waals surface area contributed by atoms with Crippen molar-refractivity contribution in [1.82, 2.24) is 10.7 Å². The van der Waals surface area contributed by atoms with E-state index in [9.17, 15) is 9.59 Å². The van der Waals surface area contributed by atoms with Crippen LogP contribution in [-0.2, 0) is 4.79 Å². The van der Waals surface area contributed by atoms with E-state index in [1.807, 2.05) is 6.92 Å². The van der Waals surface area contributed by atoms with Crippen LogP contribution in [0.3, 0.4) is 0 Å². The fourth-order valence-corrected chi connectivity index (χ4v) is 2.44. The van der Waals surface area contributed by atoms with Gasteiger partial charge in [0.05, 0.1) is 27.5 Å². The second-order valence-corrected chi connectivity index (χ2v) is 5.95. The van der Waals surface area contributed by atoms with Gasteiger partial charge in [-0.2, -0.15) is 5.10 Å². The lowest BCUT2D eigenvalue weighted by atomic mass is 10.2. The summed E-state index contributed by atoms with van der Waals surface area (Å²) >= 11 is 0. The number of hydrogen-bond acceptors (Lipinski definition) is 7. The van der Waals surface area contributed by atoms with Gasteiger partial charge in [0.2, 0.25) is 0 Å². The summed E-state index contributed by atoms with van der Waals surface area (Å²) < 4.78 is 21.1. The molecule has 2 amide bonds. The van der Waals surface area contributed by atoms with E-state index < -0.39 is 5.91 Å². The highest BCUT2D eigenvalue weighted by atomic mass is 16.5. The van der Waals surface area contributed by atoms with E-state index in [1.54, 1.807) is 36.4 Å². The molecule has 0 aliphatic rings. The van der Waals surface area contributed by atoms with Gasteiger partial charge in [-0.15, -0.1) is 0 Å². The molecule has 0 unspecified atom stereocenters. The molecule has 160 valence electrons. The molecule has 2 aromatic rings. The number of methoxy groups -OCH3 is 3. The Balaban J connectivity index is 2.04. The normalized spacial score (nSPS) is 10.4. The third-order valence-electron chi connectivity index (χ3n) is 3.91. The van der Waals surface area contributed by atoms with Gasteiger partial charge in [0.15, 0.2) is 18.1 Å². The minimum Gasteiger partial charge on any atom is -0.497 e. The molecular formula is C21H25N3O6. The van der Waals surface area contributed by atoms with Crippen molar-refractivity contribution in [3.63, 3.8) is 0 Å². The molecular weight excluding hydrogens is 390 g/mol. The van der Waals surface area contributed by atoms with Crippen molar-refractivity contribution in [1.29, 1.82) is 0 Å². The summed E-state index contributed by atoms with van der Waals surface area (Å²) in [5.74, 6) is 1.22. The number of ether oxygens (including phenoxy) is 4. The molecule has 0 bridgehead atoms. The first-order valence-electron chi connectivity index (χ1n) is 9.14. The van der Waals surface area contributed by atoms with Gasteiger partial charge in [-0.1, -0.05) is 0 Å². The summed E-state index contributed by atoms with van der Waals surface area (Å²) in [7, 11) is 4.50. The fraction of sp³-hybridized carbons (Fsp3) is 0.286. The molecule has 0 radical (unpaired) electrons. The van der Waals surface area contributed by atoms with Crippen LogP contribution in [0.5, 0.6) is 23.0 Å². The van der Waals surface area contributed by atoms with Crippen molar-refractivity contribution in [2.24, 2.45) is 5.10 Å². The molecule has 0 spiro atoms. The Morgan fingerprint density at radius 3 is 2.27 bits per heavy atom. The topological polar surface area (TPSA) is 107 Å². The van der Waals surface area contributed by atoms with Crippen LogP contribution >= 0.6 is 0 Å². The van der Waals surface area contributed by atoms with E-state index in [0.717, 1.165) is 0 Å². The number of nitrogens with one attached hydrogen (secondary N) is 2. The summed E-state index contributed by atoms with van der Waals surface area (Å²) in [4.78, 5) is 23.9. The zero-order valence-corrected chi connectivity index (χ0v) is 17.4. The van der Waals surface area contributed by atoms with Crippen LogP contribution in [0.2, 0.25) is 0 Å². The molecule has 30 heavy (non-hydrogen) atoms. The summed E-state index contributed by atoms with van der Waals surface area (Å²) in [5.41, 5.74) is 3.46. The lowest BCUT2D eigenvalue weighted by Crippen LogP contribution is -2.28. The molecule has 0 heterocycles. The van der Waals surface area contributed by atoms with Gasteiger partial charge < -0.3 is 24.3 Å². The lowest BCUT2D eigenvalue weighted by molar-refractivity contribution is -0.123. The SMILES string of the molecule is CCNC(=O)COc1ccc(/C=N\NC(=O)c2cc(OC)cc(OC)c2)cc1OC. The molecule has 0 atom stereocenters. The number of likely N-dealkylation sites (N-methyl/N-ethyl adjacent to an activating group) is 1. The highest BCUT2D eigenvalue weighted by molar-refractivity contribution is 5.95. The molecule has 0 aliphatic heterocycles. The number of hydrogen-bond donors (Lipinski definition) is 2. The predicted molar refractivity (Wildman–Crippen MR) is 112 cm³/mol. The summed E-state index contributed by atoms with van der Waals surface area (Å²) in [5, 5.41) is 6.61. The van der Waals surface area contributed by atoms with Crippen LogP contribution in [0.1, 0.15) is 22.8 Å². The average molecular weight is 415 g/mol. The molecule has 0 aliphatic carbocycles. The highest BCUT2D eigenvalue weighted by Crippen LogP contribution is 2.27. The second kappa shape index (κ2) is 11.3. The third-order valence-corrected chi connectivity index (χ3v) is 3.91. The fourth-order valence-electron chi connectivity index (χ4n) is 2.44. The molecule has 2 N–H and O–H groups in total. The molecule has 2 aromatic carbocycles. The third kappa shape index (κ3) is 6.40. The maximum atomic E-state index is 12.3. The first-order chi connectivity index (χ1) is 14.5. The van der Waals surface area contributed by atoms with Crippen molar-refractivity contribution in [2.75, 3.05) is 34.5 Å². The summed E-state index contributed by atoms with van der Waals surface area (Å²) in [6, 6.07) is 9.89. The van der Waals surface area contributed by atoms with E-state index in [4.69, 9.17) is 18.9 Å². The smallest absolute Gasteiger partial charge is 0.271 e. The van der Waals surface area contributed by atoms with Gasteiger partial charge >= 0.3 is 0 Å². The molecule has 0 saturated heterocycles. The van der Waals surface area contributed by atoms with Crippen LogP contribution in [0, 0.1) is 0 Å². The highest BCUT2D eigenvalue weighted by Gasteiger charge is 2.10. The zero-order chi connectivity index (χ0) is 21.9. The minimum absolute atomic E-state index is 0.113. The van der Waals surface area contributed by atoms with E-state index in [2.05, 4.69) is 15.8 Å². The van der Waals surface area contributed by atoms with Gasteiger partial charge in [0.25, 0.3) is 11.8 Å². The molecule has 9 heteroatoms. The average Bonchev–Trinajstić information content (AvgIpc) is 2.77. The largest absolute Gasteiger partial charge is 0.497 e. The Morgan fingerprint density at radius 1 is 0.967 bits per heavy atom. The molecule has 0 fully saturated rings. The number of carbonyl (C=O) groups excluding carboxylic acids is 2. The van der Waals surface area contributed by atoms with Crippen molar-refractivity contribution in [2.45, 2.75) is 6.92 Å². The van der Waals surface area contributed by atoms with Crippen LogP contribution in [0.15, 0.2) is 41.5 Å².